The van der Waals surface area contributed by atoms with Crippen molar-refractivity contribution in [1.82, 2.24) is 14.8 Å². The van der Waals surface area contributed by atoms with Crippen LogP contribution in [0.25, 0.3) is 0 Å². The van der Waals surface area contributed by atoms with Crippen LogP contribution in [0.5, 0.6) is 5.75 Å². The summed E-state index contributed by atoms with van der Waals surface area (Å²) >= 11 is 5.77. The number of pyridine rings is 1. The van der Waals surface area contributed by atoms with Gasteiger partial charge in [0, 0.05) is 31.3 Å². The van der Waals surface area contributed by atoms with E-state index in [9.17, 15) is 23.9 Å². The zero-order valence-electron chi connectivity index (χ0n) is 22.8. The Morgan fingerprint density at radius 1 is 1.14 bits per heavy atom. The minimum Gasteiger partial charge on any atom is -0.491 e. The number of benzene rings is 2. The first-order valence-corrected chi connectivity index (χ1v) is 14.1. The van der Waals surface area contributed by atoms with E-state index >= 15 is 0 Å². The third-order valence-electron chi connectivity index (χ3n) is 7.89. The smallest absolute Gasteiger partial charge is 0.261 e. The summed E-state index contributed by atoms with van der Waals surface area (Å²) in [6.45, 7) is 1.62. The number of nitrogens with one attached hydrogen (secondary N) is 2. The Morgan fingerprint density at radius 2 is 1.88 bits per heavy atom. The number of hydrogen-bond donors (Lipinski definition) is 3. The summed E-state index contributed by atoms with van der Waals surface area (Å²) in [6.07, 6.45) is 2.33. The predicted molar refractivity (Wildman–Crippen MR) is 156 cm³/mol. The van der Waals surface area contributed by atoms with Crippen LogP contribution in [-0.4, -0.2) is 82.9 Å². The number of imide groups is 1. The molecule has 0 saturated carbocycles. The molecular weight excluding hydrogens is 565 g/mol. The van der Waals surface area contributed by atoms with Crippen LogP contribution in [-0.2, 0) is 6.42 Å². The number of carbonyl (C=O) groups excluding carboxylic acids is 2. The van der Waals surface area contributed by atoms with E-state index < -0.39 is 11.9 Å². The van der Waals surface area contributed by atoms with Gasteiger partial charge < -0.3 is 25.0 Å². The van der Waals surface area contributed by atoms with Crippen molar-refractivity contribution in [1.29, 1.82) is 0 Å². The molecule has 1 saturated heterocycles. The summed E-state index contributed by atoms with van der Waals surface area (Å²) in [6, 6.07) is 8.84. The van der Waals surface area contributed by atoms with E-state index in [2.05, 4.69) is 20.2 Å². The maximum Gasteiger partial charge on any atom is 0.261 e. The molecule has 0 aliphatic carbocycles. The highest BCUT2D eigenvalue weighted by Gasteiger charge is 2.42. The van der Waals surface area contributed by atoms with Gasteiger partial charge in [0.15, 0.2) is 0 Å². The zero-order chi connectivity index (χ0) is 29.5. The number of carbonyl (C=O) groups is 2. The number of amides is 2. The maximum atomic E-state index is 13.4. The normalized spacial score (nSPS) is 17.7. The van der Waals surface area contributed by atoms with Crippen molar-refractivity contribution in [3.05, 3.63) is 86.0 Å². The fourth-order valence-electron chi connectivity index (χ4n) is 5.64. The van der Waals surface area contributed by atoms with Crippen LogP contribution in [0.3, 0.4) is 0 Å². The maximum absolute atomic E-state index is 13.4. The van der Waals surface area contributed by atoms with Crippen molar-refractivity contribution in [3.8, 4) is 5.75 Å². The molecule has 3 aliphatic heterocycles. The highest BCUT2D eigenvalue weighted by atomic mass is 35.5. The van der Waals surface area contributed by atoms with Crippen molar-refractivity contribution in [2.45, 2.75) is 31.4 Å². The molecule has 0 radical (unpaired) electrons. The van der Waals surface area contributed by atoms with Crippen LogP contribution in [0, 0.1) is 5.82 Å². The SMILES string of the molecule is CN1CCC(N2C(=O)c3cc4c(cc3C2=O)N=C(c2c(NCC(O)COc3ccc(F)c(Cl)c3)cc[nH]c2=O)C4)CC1. The molecule has 1 unspecified atom stereocenters. The number of halogens is 2. The fourth-order valence-corrected chi connectivity index (χ4v) is 5.81. The third kappa shape index (κ3) is 5.31. The topological polar surface area (TPSA) is 127 Å². The molecule has 12 heteroatoms. The number of anilines is 1. The molecule has 10 nitrogen and oxygen atoms in total. The number of nitrogens with zero attached hydrogens (tertiary/aromatic N) is 3. The number of aliphatic imine (C=N–C) groups is 1. The monoisotopic (exact) mass is 593 g/mol. The van der Waals surface area contributed by atoms with Gasteiger partial charge in [-0.15, -0.1) is 0 Å². The van der Waals surface area contributed by atoms with Crippen LogP contribution < -0.4 is 15.6 Å². The van der Waals surface area contributed by atoms with Gasteiger partial charge in [-0.05, 0) is 68.9 Å². The van der Waals surface area contributed by atoms with Crippen molar-refractivity contribution in [2.75, 3.05) is 38.6 Å². The summed E-state index contributed by atoms with van der Waals surface area (Å²) in [5.41, 5.74) is 2.91. The van der Waals surface area contributed by atoms with Crippen LogP contribution >= 0.6 is 11.6 Å². The van der Waals surface area contributed by atoms with E-state index in [0.717, 1.165) is 31.5 Å². The largest absolute Gasteiger partial charge is 0.491 e. The van der Waals surface area contributed by atoms with E-state index in [4.69, 9.17) is 16.3 Å². The molecule has 3 aliphatic rings. The number of aliphatic hydroxyl groups excluding tert-OH is 1. The van der Waals surface area contributed by atoms with Gasteiger partial charge in [0.2, 0.25) is 0 Å². The summed E-state index contributed by atoms with van der Waals surface area (Å²) in [5, 5.41) is 13.5. The Labute approximate surface area is 245 Å². The number of aromatic amines is 1. The predicted octanol–water partition coefficient (Wildman–Crippen LogP) is 3.39. The van der Waals surface area contributed by atoms with Gasteiger partial charge in [-0.25, -0.2) is 4.39 Å². The number of fused-ring (bicyclic) bond motifs is 2. The lowest BCUT2D eigenvalue weighted by Gasteiger charge is -2.33. The number of ether oxygens (including phenoxy) is 1. The summed E-state index contributed by atoms with van der Waals surface area (Å²) < 4.78 is 18.9. The lowest BCUT2D eigenvalue weighted by molar-refractivity contribution is 0.0516. The molecule has 2 amide bonds. The number of H-pyrrole nitrogens is 1. The summed E-state index contributed by atoms with van der Waals surface area (Å²) in [4.78, 5) is 50.5. The molecule has 2 aromatic carbocycles. The number of aromatic nitrogens is 1. The van der Waals surface area contributed by atoms with E-state index in [1.165, 1.54) is 29.3 Å². The van der Waals surface area contributed by atoms with E-state index in [-0.39, 0.29) is 41.6 Å². The van der Waals surface area contributed by atoms with Crippen LogP contribution in [0.2, 0.25) is 5.02 Å². The minimum atomic E-state index is -0.962. The fraction of sp³-hybridized carbons (Fsp3) is 0.333. The molecule has 218 valence electrons. The molecule has 1 atom stereocenters. The van der Waals surface area contributed by atoms with E-state index in [0.29, 0.717) is 45.9 Å². The molecule has 4 heterocycles. The number of likely N-dealkylation sites (tertiary alicyclic amines) is 1. The molecule has 42 heavy (non-hydrogen) atoms. The van der Waals surface area contributed by atoms with Crippen LogP contribution in [0.1, 0.15) is 44.7 Å². The third-order valence-corrected chi connectivity index (χ3v) is 8.18. The second-order valence-corrected chi connectivity index (χ2v) is 11.2. The lowest BCUT2D eigenvalue weighted by Crippen LogP contribution is -2.46. The number of rotatable bonds is 8. The van der Waals surface area contributed by atoms with Crippen molar-refractivity contribution < 1.29 is 23.8 Å². The molecule has 0 bridgehead atoms. The lowest BCUT2D eigenvalue weighted by atomic mass is 10.00. The Balaban J connectivity index is 1.17. The molecule has 1 aromatic heterocycles. The first-order valence-electron chi connectivity index (χ1n) is 13.7. The molecular formula is C30H29ClFN5O5. The van der Waals surface area contributed by atoms with Gasteiger partial charge in [-0.3, -0.25) is 24.3 Å². The molecule has 6 rings (SSSR count). The first-order chi connectivity index (χ1) is 20.2. The van der Waals surface area contributed by atoms with E-state index in [1.807, 2.05) is 7.05 Å². The second-order valence-electron chi connectivity index (χ2n) is 10.8. The summed E-state index contributed by atoms with van der Waals surface area (Å²) in [5.74, 6) is -0.828. The van der Waals surface area contributed by atoms with Crippen molar-refractivity contribution in [2.24, 2.45) is 4.99 Å². The number of aliphatic hydroxyl groups is 1. The molecule has 1 fully saturated rings. The highest BCUT2D eigenvalue weighted by Crippen LogP contribution is 2.37. The van der Waals surface area contributed by atoms with Gasteiger partial charge in [-0.1, -0.05) is 11.6 Å². The Hall–Kier alpha value is -4.06. The van der Waals surface area contributed by atoms with Crippen LogP contribution in [0.15, 0.2) is 52.4 Å². The van der Waals surface area contributed by atoms with Gasteiger partial charge in [-0.2, -0.15) is 0 Å². The number of piperidine rings is 1. The molecule has 3 aromatic rings. The van der Waals surface area contributed by atoms with E-state index in [1.54, 1.807) is 18.2 Å². The minimum absolute atomic E-state index is 0.0513. The Kier molecular flexibility index (Phi) is 7.56. The quantitative estimate of drug-likeness (QED) is 0.342. The second kappa shape index (κ2) is 11.3. The van der Waals surface area contributed by atoms with Gasteiger partial charge >= 0.3 is 0 Å². The highest BCUT2D eigenvalue weighted by molar-refractivity contribution is 6.30. The summed E-state index contributed by atoms with van der Waals surface area (Å²) in [7, 11) is 2.03. The zero-order valence-corrected chi connectivity index (χ0v) is 23.6. The van der Waals surface area contributed by atoms with Gasteiger partial charge in [0.1, 0.15) is 24.3 Å². The average molecular weight is 594 g/mol. The molecule has 3 N–H and O–H groups in total. The average Bonchev–Trinajstić information content (AvgIpc) is 3.49. The standard InChI is InChI=1S/C30H29ClFN5O5/c1-36-8-5-17(6-9-36)37-29(40)20-10-16-11-26(35-25(16)13-21(20)30(37)41)27-24(4-7-33-28(27)39)34-14-18(38)15-42-19-2-3-23(32)22(31)12-19/h2-4,7,10,12-13,17-18,38H,5-6,8-9,11,14-15H2,1H3,(H2,33,34,39). The van der Waals surface area contributed by atoms with Gasteiger partial charge in [0.25, 0.3) is 17.4 Å². The first kappa shape index (κ1) is 28.1. The van der Waals surface area contributed by atoms with Crippen LogP contribution in [0.4, 0.5) is 15.8 Å². The molecule has 0 spiro atoms. The van der Waals surface area contributed by atoms with Crippen molar-refractivity contribution in [3.63, 3.8) is 0 Å². The van der Waals surface area contributed by atoms with Gasteiger partial charge in [0.05, 0.1) is 38.8 Å². The Bertz CT molecular complexity index is 1670. The number of hydrogen-bond acceptors (Lipinski definition) is 8. The Morgan fingerprint density at radius 3 is 2.62 bits per heavy atom. The van der Waals surface area contributed by atoms with Crippen molar-refractivity contribution >= 4 is 40.5 Å².